The average Bonchev–Trinajstić information content (AvgIpc) is 3.06. The van der Waals surface area contributed by atoms with Crippen molar-refractivity contribution in [2.45, 2.75) is 89.7 Å². The van der Waals surface area contributed by atoms with E-state index >= 15 is 0 Å². The van der Waals surface area contributed by atoms with Crippen LogP contribution in [0.4, 0.5) is 0 Å². The third-order valence-corrected chi connectivity index (χ3v) is 4.67. The predicted octanol–water partition coefficient (Wildman–Crippen LogP) is 3.60. The van der Waals surface area contributed by atoms with Crippen molar-refractivity contribution in [3.05, 3.63) is 12.7 Å². The highest BCUT2D eigenvalue weighted by Crippen LogP contribution is 2.21. The molecule has 1 aliphatic heterocycles. The summed E-state index contributed by atoms with van der Waals surface area (Å²) in [6.45, 7) is 6.25. The van der Waals surface area contributed by atoms with Crippen molar-refractivity contribution in [1.29, 1.82) is 0 Å². The summed E-state index contributed by atoms with van der Waals surface area (Å²) >= 11 is 0. The van der Waals surface area contributed by atoms with E-state index in [0.29, 0.717) is 25.8 Å². The van der Waals surface area contributed by atoms with Gasteiger partial charge in [-0.2, -0.15) is 0 Å². The lowest BCUT2D eigenvalue weighted by atomic mass is 10.1. The number of aliphatic hydroxyl groups excluding tert-OH is 1. The van der Waals surface area contributed by atoms with E-state index in [0.717, 1.165) is 32.1 Å². The summed E-state index contributed by atoms with van der Waals surface area (Å²) in [5, 5.41) is 9.21. The van der Waals surface area contributed by atoms with Gasteiger partial charge in [0.25, 0.3) is 0 Å². The highest BCUT2D eigenvalue weighted by Gasteiger charge is 2.34. The molecule has 0 saturated carbocycles. The van der Waals surface area contributed by atoms with Crippen molar-refractivity contribution in [2.75, 3.05) is 13.2 Å². The number of rotatable bonds is 13. The summed E-state index contributed by atoms with van der Waals surface area (Å²) in [6.07, 6.45) is 11.8. The number of esters is 1. The lowest BCUT2D eigenvalue weighted by Gasteiger charge is -2.23. The molecule has 1 fully saturated rings. The van der Waals surface area contributed by atoms with E-state index in [4.69, 9.17) is 4.74 Å². The molecule has 5 heteroatoms. The van der Waals surface area contributed by atoms with Gasteiger partial charge in [0.2, 0.25) is 5.91 Å². The molecule has 0 spiro atoms. The van der Waals surface area contributed by atoms with Crippen LogP contribution < -0.4 is 0 Å². The zero-order chi connectivity index (χ0) is 18.5. The first kappa shape index (κ1) is 21.7. The van der Waals surface area contributed by atoms with Gasteiger partial charge in [-0.1, -0.05) is 31.8 Å². The number of aliphatic hydroxyl groups is 1. The topological polar surface area (TPSA) is 66.8 Å². The van der Waals surface area contributed by atoms with Gasteiger partial charge < -0.3 is 14.7 Å². The van der Waals surface area contributed by atoms with Crippen molar-refractivity contribution in [3.63, 3.8) is 0 Å². The predicted molar refractivity (Wildman–Crippen MR) is 99.1 cm³/mol. The zero-order valence-corrected chi connectivity index (χ0v) is 15.8. The number of ether oxygens (including phenoxy) is 1. The second-order valence-electron chi connectivity index (χ2n) is 7.00. The van der Waals surface area contributed by atoms with Gasteiger partial charge in [0.15, 0.2) is 0 Å². The van der Waals surface area contributed by atoms with Crippen LogP contribution in [-0.2, 0) is 14.3 Å². The van der Waals surface area contributed by atoms with Crippen molar-refractivity contribution in [1.82, 2.24) is 4.90 Å². The Morgan fingerprint density at radius 3 is 2.60 bits per heavy atom. The molecule has 25 heavy (non-hydrogen) atoms. The summed E-state index contributed by atoms with van der Waals surface area (Å²) in [5.74, 6) is -0.254. The summed E-state index contributed by atoms with van der Waals surface area (Å²) < 4.78 is 5.21. The average molecular weight is 354 g/mol. The van der Waals surface area contributed by atoms with Crippen LogP contribution in [0.3, 0.4) is 0 Å². The SMILES string of the molecule is C=CCCCCCCCCC(=O)N1CCCC1C(=O)OCCC(C)O. The third kappa shape index (κ3) is 9.05. The number of unbranched alkanes of at least 4 members (excludes halogenated alkanes) is 6. The number of nitrogens with zero attached hydrogens (tertiary/aromatic N) is 1. The maximum Gasteiger partial charge on any atom is 0.328 e. The fraction of sp³-hybridized carbons (Fsp3) is 0.800. The third-order valence-electron chi connectivity index (χ3n) is 4.67. The minimum Gasteiger partial charge on any atom is -0.464 e. The van der Waals surface area contributed by atoms with Crippen molar-refractivity contribution in [3.8, 4) is 0 Å². The largest absolute Gasteiger partial charge is 0.464 e. The molecule has 1 amide bonds. The maximum atomic E-state index is 12.4. The van der Waals surface area contributed by atoms with Gasteiger partial charge >= 0.3 is 5.97 Å². The molecule has 0 aromatic carbocycles. The van der Waals surface area contributed by atoms with Crippen LogP contribution in [-0.4, -0.2) is 47.2 Å². The van der Waals surface area contributed by atoms with Crippen molar-refractivity contribution in [2.24, 2.45) is 0 Å². The molecule has 2 atom stereocenters. The Morgan fingerprint density at radius 1 is 1.24 bits per heavy atom. The lowest BCUT2D eigenvalue weighted by Crippen LogP contribution is -2.41. The standard InChI is InChI=1S/C20H35NO4/c1-3-4-5-6-7-8-9-10-13-19(23)21-15-11-12-18(21)20(24)25-16-14-17(2)22/h3,17-18,22H,1,4-16H2,2H3. The zero-order valence-electron chi connectivity index (χ0n) is 15.8. The summed E-state index contributed by atoms with van der Waals surface area (Å²) in [6, 6.07) is -0.430. The number of hydrogen-bond acceptors (Lipinski definition) is 4. The molecule has 5 nitrogen and oxygen atoms in total. The molecule has 1 N–H and O–H groups in total. The Hall–Kier alpha value is -1.36. The highest BCUT2D eigenvalue weighted by molar-refractivity contribution is 5.85. The van der Waals surface area contributed by atoms with Crippen LogP contribution in [0.2, 0.25) is 0 Å². The Labute approximate surface area is 152 Å². The van der Waals surface area contributed by atoms with E-state index in [1.807, 2.05) is 6.08 Å². The fourth-order valence-corrected chi connectivity index (χ4v) is 3.15. The van der Waals surface area contributed by atoms with Crippen molar-refractivity contribution >= 4 is 11.9 Å². The minimum absolute atomic E-state index is 0.0710. The molecule has 1 saturated heterocycles. The van der Waals surface area contributed by atoms with Crippen LogP contribution in [0.15, 0.2) is 12.7 Å². The van der Waals surface area contributed by atoms with Gasteiger partial charge in [-0.25, -0.2) is 4.79 Å². The van der Waals surface area contributed by atoms with Gasteiger partial charge in [-0.15, -0.1) is 6.58 Å². The Morgan fingerprint density at radius 2 is 1.92 bits per heavy atom. The lowest BCUT2D eigenvalue weighted by molar-refractivity contribution is -0.154. The first-order valence-electron chi connectivity index (χ1n) is 9.81. The van der Waals surface area contributed by atoms with E-state index in [-0.39, 0.29) is 18.5 Å². The number of likely N-dealkylation sites (tertiary alicyclic amines) is 1. The van der Waals surface area contributed by atoms with E-state index in [1.165, 1.54) is 19.3 Å². The molecule has 0 radical (unpaired) electrons. The Balaban J connectivity index is 2.20. The monoisotopic (exact) mass is 353 g/mol. The van der Waals surface area contributed by atoms with Gasteiger partial charge in [-0.3, -0.25) is 4.79 Å². The molecule has 2 unspecified atom stereocenters. The van der Waals surface area contributed by atoms with Gasteiger partial charge in [0, 0.05) is 19.4 Å². The normalized spacial score (nSPS) is 18.2. The molecule has 1 heterocycles. The fourth-order valence-electron chi connectivity index (χ4n) is 3.15. The molecule has 1 rings (SSSR count). The molecule has 0 aromatic heterocycles. The smallest absolute Gasteiger partial charge is 0.328 e. The van der Waals surface area contributed by atoms with Crippen LogP contribution in [0.1, 0.15) is 77.6 Å². The number of allylic oxidation sites excluding steroid dienone is 1. The molecule has 0 aromatic rings. The molecule has 0 bridgehead atoms. The van der Waals surface area contributed by atoms with Crippen LogP contribution in [0, 0.1) is 0 Å². The number of carbonyl (C=O) groups is 2. The highest BCUT2D eigenvalue weighted by atomic mass is 16.5. The van der Waals surface area contributed by atoms with Gasteiger partial charge in [0.05, 0.1) is 12.7 Å². The quantitative estimate of drug-likeness (QED) is 0.312. The van der Waals surface area contributed by atoms with Crippen LogP contribution >= 0.6 is 0 Å². The second-order valence-corrected chi connectivity index (χ2v) is 7.00. The Kier molecular flexibility index (Phi) is 11.2. The second kappa shape index (κ2) is 12.9. The molecular weight excluding hydrogens is 318 g/mol. The summed E-state index contributed by atoms with van der Waals surface area (Å²) in [4.78, 5) is 26.2. The maximum absolute atomic E-state index is 12.4. The molecule has 1 aliphatic rings. The minimum atomic E-state index is -0.481. The van der Waals surface area contributed by atoms with Crippen LogP contribution in [0.25, 0.3) is 0 Å². The van der Waals surface area contributed by atoms with Gasteiger partial charge in [-0.05, 0) is 39.0 Å². The summed E-state index contributed by atoms with van der Waals surface area (Å²) in [7, 11) is 0. The van der Waals surface area contributed by atoms with Crippen LogP contribution in [0.5, 0.6) is 0 Å². The van der Waals surface area contributed by atoms with Gasteiger partial charge in [0.1, 0.15) is 6.04 Å². The first-order chi connectivity index (χ1) is 12.1. The van der Waals surface area contributed by atoms with E-state index < -0.39 is 12.1 Å². The van der Waals surface area contributed by atoms with E-state index in [9.17, 15) is 14.7 Å². The number of carbonyl (C=O) groups excluding carboxylic acids is 2. The summed E-state index contributed by atoms with van der Waals surface area (Å²) in [5.41, 5.74) is 0. The number of hydrogen-bond donors (Lipinski definition) is 1. The Bertz CT molecular complexity index is 409. The number of amides is 1. The first-order valence-corrected chi connectivity index (χ1v) is 9.81. The van der Waals surface area contributed by atoms with Crippen molar-refractivity contribution < 1.29 is 19.4 Å². The van der Waals surface area contributed by atoms with E-state index in [1.54, 1.807) is 11.8 Å². The van der Waals surface area contributed by atoms with E-state index in [2.05, 4.69) is 6.58 Å². The molecular formula is C20H35NO4. The molecule has 144 valence electrons. The molecule has 0 aliphatic carbocycles.